The fourth-order valence-corrected chi connectivity index (χ4v) is 3.94. The van der Waals surface area contributed by atoms with Crippen LogP contribution in [0.15, 0.2) is 24.3 Å². The van der Waals surface area contributed by atoms with Crippen LogP contribution in [0.1, 0.15) is 44.1 Å². The maximum absolute atomic E-state index is 6.09. The van der Waals surface area contributed by atoms with Gasteiger partial charge in [0.15, 0.2) is 0 Å². The number of ether oxygens (including phenoxy) is 2. The molecule has 0 amide bonds. The third-order valence-electron chi connectivity index (χ3n) is 5.64. The Morgan fingerprint density at radius 3 is 2.27 bits per heavy atom. The van der Waals surface area contributed by atoms with Crippen LogP contribution in [-0.2, 0) is 10.2 Å². The molecule has 0 aromatic heterocycles. The summed E-state index contributed by atoms with van der Waals surface area (Å²) >= 11 is 0. The van der Waals surface area contributed by atoms with E-state index in [2.05, 4.69) is 29.2 Å². The van der Waals surface area contributed by atoms with Gasteiger partial charge in [-0.3, -0.25) is 0 Å². The second kappa shape index (κ2) is 12.0. The van der Waals surface area contributed by atoms with Crippen LogP contribution in [0.2, 0.25) is 0 Å². The summed E-state index contributed by atoms with van der Waals surface area (Å²) in [7, 11) is 0. The van der Waals surface area contributed by atoms with Gasteiger partial charge in [-0.2, -0.15) is 0 Å². The van der Waals surface area contributed by atoms with Crippen LogP contribution in [0.3, 0.4) is 0 Å². The van der Waals surface area contributed by atoms with Crippen molar-refractivity contribution in [3.05, 3.63) is 29.8 Å². The molecule has 0 atom stereocenters. The Morgan fingerprint density at radius 2 is 1.65 bits per heavy atom. The molecular formula is C20H34Cl2N2O2. The first kappa shape index (κ1) is 23.5. The van der Waals surface area contributed by atoms with Gasteiger partial charge < -0.3 is 20.1 Å². The Kier molecular flexibility index (Phi) is 10.9. The number of rotatable bonds is 7. The Labute approximate surface area is 170 Å². The van der Waals surface area contributed by atoms with Crippen molar-refractivity contribution in [2.75, 3.05) is 46.0 Å². The molecular weight excluding hydrogens is 371 g/mol. The summed E-state index contributed by atoms with van der Waals surface area (Å²) in [5.41, 5.74) is 7.50. The van der Waals surface area contributed by atoms with Crippen LogP contribution in [-0.4, -0.2) is 50.9 Å². The van der Waals surface area contributed by atoms with Crippen LogP contribution in [0, 0.1) is 0 Å². The van der Waals surface area contributed by atoms with E-state index in [0.29, 0.717) is 6.54 Å². The highest BCUT2D eigenvalue weighted by Gasteiger charge is 2.32. The zero-order chi connectivity index (χ0) is 16.7. The van der Waals surface area contributed by atoms with Gasteiger partial charge in [0.25, 0.3) is 0 Å². The SMILES string of the molecule is Cl.Cl.NCC1(c2ccc(OCCCN3CCCCC3)cc2)CCOCC1. The third-order valence-corrected chi connectivity index (χ3v) is 5.64. The smallest absolute Gasteiger partial charge is 0.119 e. The zero-order valence-corrected chi connectivity index (χ0v) is 17.3. The summed E-state index contributed by atoms with van der Waals surface area (Å²) in [6, 6.07) is 8.59. The minimum atomic E-state index is 0. The summed E-state index contributed by atoms with van der Waals surface area (Å²) in [5, 5.41) is 0. The molecule has 1 aromatic rings. The molecule has 4 nitrogen and oxygen atoms in total. The number of hydrogen-bond acceptors (Lipinski definition) is 4. The number of halogens is 2. The van der Waals surface area contributed by atoms with Crippen molar-refractivity contribution in [2.24, 2.45) is 5.73 Å². The van der Waals surface area contributed by atoms with E-state index in [-0.39, 0.29) is 30.2 Å². The summed E-state index contributed by atoms with van der Waals surface area (Å²) in [6.45, 7) is 6.80. The molecule has 0 radical (unpaired) electrons. The number of nitrogens with zero attached hydrogens (tertiary/aromatic N) is 1. The normalized spacial score (nSPS) is 19.9. The minimum absolute atomic E-state index is 0. The standard InChI is InChI=1S/C20H32N2O2.2ClH/c21-17-20(9-15-23-16-10-20)18-5-7-19(8-6-18)24-14-4-13-22-11-2-1-3-12-22;;/h5-8H,1-4,9-17,21H2;2*1H. The Hall–Kier alpha value is -0.520. The molecule has 2 aliphatic rings. The van der Waals surface area contributed by atoms with Gasteiger partial charge in [-0.25, -0.2) is 0 Å². The summed E-state index contributed by atoms with van der Waals surface area (Å²) in [6.07, 6.45) is 7.24. The molecule has 0 aliphatic carbocycles. The van der Waals surface area contributed by atoms with Gasteiger partial charge in [0.1, 0.15) is 5.75 Å². The van der Waals surface area contributed by atoms with Gasteiger partial charge in [-0.05, 0) is 62.9 Å². The molecule has 150 valence electrons. The van der Waals surface area contributed by atoms with Crippen LogP contribution in [0.5, 0.6) is 5.75 Å². The summed E-state index contributed by atoms with van der Waals surface area (Å²) < 4.78 is 11.4. The molecule has 1 aromatic carbocycles. The van der Waals surface area contributed by atoms with Crippen molar-refractivity contribution in [1.82, 2.24) is 4.90 Å². The van der Waals surface area contributed by atoms with Gasteiger partial charge in [0, 0.05) is 31.7 Å². The number of nitrogens with two attached hydrogens (primary N) is 1. The van der Waals surface area contributed by atoms with E-state index in [9.17, 15) is 0 Å². The van der Waals surface area contributed by atoms with Gasteiger partial charge in [-0.1, -0.05) is 18.6 Å². The van der Waals surface area contributed by atoms with Crippen LogP contribution >= 0.6 is 24.8 Å². The lowest BCUT2D eigenvalue weighted by molar-refractivity contribution is 0.0529. The lowest BCUT2D eigenvalue weighted by atomic mass is 9.74. The molecule has 2 N–H and O–H groups in total. The number of likely N-dealkylation sites (tertiary alicyclic amines) is 1. The fourth-order valence-electron chi connectivity index (χ4n) is 3.94. The second-order valence-corrected chi connectivity index (χ2v) is 7.23. The molecule has 6 heteroatoms. The first-order chi connectivity index (χ1) is 11.8. The topological polar surface area (TPSA) is 47.7 Å². The first-order valence-electron chi connectivity index (χ1n) is 9.56. The Bertz CT molecular complexity index is 487. The Balaban J connectivity index is 0.00000169. The van der Waals surface area contributed by atoms with Gasteiger partial charge >= 0.3 is 0 Å². The van der Waals surface area contributed by atoms with Crippen LogP contribution < -0.4 is 10.5 Å². The van der Waals surface area contributed by atoms with Gasteiger partial charge in [0.2, 0.25) is 0 Å². The molecule has 0 bridgehead atoms. The molecule has 0 unspecified atom stereocenters. The highest BCUT2D eigenvalue weighted by Crippen LogP contribution is 2.34. The average Bonchev–Trinajstić information content (AvgIpc) is 2.67. The Morgan fingerprint density at radius 1 is 1.00 bits per heavy atom. The van der Waals surface area contributed by atoms with Crippen LogP contribution in [0.4, 0.5) is 0 Å². The molecule has 0 spiro atoms. The predicted molar refractivity (Wildman–Crippen MR) is 112 cm³/mol. The van der Waals surface area contributed by atoms with Gasteiger partial charge in [0.05, 0.1) is 6.61 Å². The van der Waals surface area contributed by atoms with E-state index in [1.165, 1.54) is 37.9 Å². The van der Waals surface area contributed by atoms with Crippen molar-refractivity contribution in [2.45, 2.75) is 43.9 Å². The molecule has 2 aliphatic heterocycles. The molecule has 2 heterocycles. The third kappa shape index (κ3) is 6.28. The van der Waals surface area contributed by atoms with Crippen LogP contribution in [0.25, 0.3) is 0 Å². The maximum Gasteiger partial charge on any atom is 0.119 e. The predicted octanol–water partition coefficient (Wildman–Crippen LogP) is 3.79. The zero-order valence-electron chi connectivity index (χ0n) is 15.7. The highest BCUT2D eigenvalue weighted by molar-refractivity contribution is 5.85. The molecule has 0 saturated carbocycles. The molecule has 3 rings (SSSR count). The monoisotopic (exact) mass is 404 g/mol. The minimum Gasteiger partial charge on any atom is -0.494 e. The quantitative estimate of drug-likeness (QED) is 0.702. The number of benzene rings is 1. The van der Waals surface area contributed by atoms with E-state index >= 15 is 0 Å². The summed E-state index contributed by atoms with van der Waals surface area (Å²) in [4.78, 5) is 2.56. The lowest BCUT2D eigenvalue weighted by Gasteiger charge is -2.36. The van der Waals surface area contributed by atoms with Crippen molar-refractivity contribution in [1.29, 1.82) is 0 Å². The van der Waals surface area contributed by atoms with Gasteiger partial charge in [-0.15, -0.1) is 24.8 Å². The number of hydrogen-bond donors (Lipinski definition) is 1. The van der Waals surface area contributed by atoms with Crippen molar-refractivity contribution >= 4 is 24.8 Å². The van der Waals surface area contributed by atoms with Crippen molar-refractivity contribution in [3.8, 4) is 5.75 Å². The van der Waals surface area contributed by atoms with Crippen molar-refractivity contribution in [3.63, 3.8) is 0 Å². The fraction of sp³-hybridized carbons (Fsp3) is 0.700. The molecule has 2 saturated heterocycles. The lowest BCUT2D eigenvalue weighted by Crippen LogP contribution is -2.40. The maximum atomic E-state index is 6.09. The molecule has 2 fully saturated rings. The van der Waals surface area contributed by atoms with E-state index < -0.39 is 0 Å². The van der Waals surface area contributed by atoms with E-state index in [1.807, 2.05) is 0 Å². The average molecular weight is 405 g/mol. The van der Waals surface area contributed by atoms with E-state index in [0.717, 1.165) is 51.4 Å². The van der Waals surface area contributed by atoms with E-state index in [4.69, 9.17) is 15.2 Å². The first-order valence-corrected chi connectivity index (χ1v) is 9.56. The second-order valence-electron chi connectivity index (χ2n) is 7.23. The number of piperidine rings is 1. The molecule has 26 heavy (non-hydrogen) atoms. The largest absolute Gasteiger partial charge is 0.494 e. The van der Waals surface area contributed by atoms with E-state index in [1.54, 1.807) is 0 Å². The highest BCUT2D eigenvalue weighted by atomic mass is 35.5. The summed E-state index contributed by atoms with van der Waals surface area (Å²) in [5.74, 6) is 0.969. The van der Waals surface area contributed by atoms with Crippen molar-refractivity contribution < 1.29 is 9.47 Å².